The summed E-state index contributed by atoms with van der Waals surface area (Å²) >= 11 is 0. The molecule has 112 valence electrons. The Morgan fingerprint density at radius 1 is 1.50 bits per heavy atom. The van der Waals surface area contributed by atoms with Crippen molar-refractivity contribution in [2.75, 3.05) is 0 Å². The summed E-state index contributed by atoms with van der Waals surface area (Å²) in [6, 6.07) is -1.73. The lowest BCUT2D eigenvalue weighted by Gasteiger charge is -2.25. The first-order chi connectivity index (χ1) is 9.27. The second-order valence-corrected chi connectivity index (χ2v) is 5.34. The number of carboxylic acid groups (broad SMARTS) is 1. The SMILES string of the molecule is CCCC(=O)N([C@@H](Cc1cnc[nH]1)C(=O)O)S(=O)(=O)O. The molecule has 0 aliphatic carbocycles. The van der Waals surface area contributed by atoms with E-state index in [4.69, 9.17) is 9.66 Å². The lowest BCUT2D eigenvalue weighted by molar-refractivity contribution is -0.146. The van der Waals surface area contributed by atoms with E-state index in [2.05, 4.69) is 9.97 Å². The summed E-state index contributed by atoms with van der Waals surface area (Å²) in [5, 5.41) is 9.12. The molecule has 0 spiro atoms. The van der Waals surface area contributed by atoms with Crippen LogP contribution in [-0.4, -0.2) is 50.3 Å². The number of H-pyrrole nitrogens is 1. The fourth-order valence-corrected chi connectivity index (χ4v) is 2.50. The van der Waals surface area contributed by atoms with Gasteiger partial charge in [0.15, 0.2) is 6.04 Å². The number of aromatic amines is 1. The molecule has 20 heavy (non-hydrogen) atoms. The Morgan fingerprint density at radius 2 is 2.15 bits per heavy atom. The van der Waals surface area contributed by atoms with Crippen molar-refractivity contribution in [3.05, 3.63) is 18.2 Å². The number of carbonyl (C=O) groups is 2. The smallest absolute Gasteiger partial charge is 0.362 e. The number of imidazole rings is 1. The number of aromatic nitrogens is 2. The zero-order chi connectivity index (χ0) is 15.3. The maximum atomic E-state index is 11.8. The molecule has 1 aromatic heterocycles. The zero-order valence-electron chi connectivity index (χ0n) is 10.7. The Hall–Kier alpha value is -1.94. The molecule has 0 aliphatic heterocycles. The van der Waals surface area contributed by atoms with Crippen LogP contribution in [0.4, 0.5) is 0 Å². The van der Waals surface area contributed by atoms with Crippen LogP contribution >= 0.6 is 0 Å². The number of nitrogens with one attached hydrogen (secondary N) is 1. The van der Waals surface area contributed by atoms with Crippen LogP contribution in [0.15, 0.2) is 12.5 Å². The first-order valence-electron chi connectivity index (χ1n) is 5.77. The molecule has 0 radical (unpaired) electrons. The molecule has 0 unspecified atom stereocenters. The van der Waals surface area contributed by atoms with Gasteiger partial charge in [-0.15, -0.1) is 0 Å². The Bertz CT molecular complexity index is 568. The van der Waals surface area contributed by atoms with Gasteiger partial charge in [-0.1, -0.05) is 6.92 Å². The van der Waals surface area contributed by atoms with Crippen molar-refractivity contribution in [3.8, 4) is 0 Å². The molecule has 0 saturated heterocycles. The van der Waals surface area contributed by atoms with E-state index in [1.54, 1.807) is 6.92 Å². The monoisotopic (exact) mass is 305 g/mol. The van der Waals surface area contributed by atoms with Crippen molar-refractivity contribution >= 4 is 22.2 Å². The third-order valence-corrected chi connectivity index (χ3v) is 3.45. The molecule has 10 heteroatoms. The molecule has 0 saturated carbocycles. The summed E-state index contributed by atoms with van der Waals surface area (Å²) in [5.74, 6) is -2.51. The summed E-state index contributed by atoms with van der Waals surface area (Å²) < 4.78 is 31.7. The van der Waals surface area contributed by atoms with Gasteiger partial charge in [0.1, 0.15) is 0 Å². The van der Waals surface area contributed by atoms with E-state index in [1.165, 1.54) is 12.5 Å². The average molecular weight is 305 g/mol. The van der Waals surface area contributed by atoms with E-state index >= 15 is 0 Å². The average Bonchev–Trinajstić information content (AvgIpc) is 2.79. The standard InChI is InChI=1S/C10H15N3O6S/c1-2-3-9(14)13(20(17,18)19)8(10(15)16)4-7-5-11-6-12-7/h5-6,8H,2-4H2,1H3,(H,11,12)(H,15,16)(H,17,18,19)/t8-/m0/s1. The highest BCUT2D eigenvalue weighted by Crippen LogP contribution is 2.14. The van der Waals surface area contributed by atoms with E-state index in [1.807, 2.05) is 0 Å². The van der Waals surface area contributed by atoms with Gasteiger partial charge < -0.3 is 10.1 Å². The summed E-state index contributed by atoms with van der Waals surface area (Å²) in [5.41, 5.74) is 0.329. The summed E-state index contributed by atoms with van der Waals surface area (Å²) in [6.45, 7) is 1.63. The van der Waals surface area contributed by atoms with Gasteiger partial charge >= 0.3 is 16.3 Å². The summed E-state index contributed by atoms with van der Waals surface area (Å²) in [6.07, 6.45) is 2.42. The zero-order valence-corrected chi connectivity index (χ0v) is 11.5. The largest absolute Gasteiger partial charge is 0.480 e. The van der Waals surface area contributed by atoms with Crippen molar-refractivity contribution in [2.24, 2.45) is 0 Å². The predicted octanol–water partition coefficient (Wildman–Crippen LogP) is -0.163. The van der Waals surface area contributed by atoms with Gasteiger partial charge in [0.25, 0.3) is 0 Å². The minimum absolute atomic E-state index is 0.000324. The molecule has 0 aliphatic rings. The van der Waals surface area contributed by atoms with Crippen LogP contribution < -0.4 is 0 Å². The first-order valence-corrected chi connectivity index (χ1v) is 7.16. The summed E-state index contributed by atoms with van der Waals surface area (Å²) in [4.78, 5) is 29.3. The molecule has 0 fully saturated rings. The summed E-state index contributed by atoms with van der Waals surface area (Å²) in [7, 11) is -4.97. The van der Waals surface area contributed by atoms with Gasteiger partial charge in [0, 0.05) is 24.7 Å². The second-order valence-electron chi connectivity index (χ2n) is 4.05. The van der Waals surface area contributed by atoms with Crippen molar-refractivity contribution < 1.29 is 27.7 Å². The van der Waals surface area contributed by atoms with Crippen molar-refractivity contribution in [3.63, 3.8) is 0 Å². The Labute approximate surface area is 115 Å². The molecular formula is C10H15N3O6S. The number of aliphatic carboxylic acids is 1. The van der Waals surface area contributed by atoms with Crippen LogP contribution in [0.1, 0.15) is 25.5 Å². The van der Waals surface area contributed by atoms with E-state index in [0.717, 1.165) is 0 Å². The molecule has 0 aromatic carbocycles. The van der Waals surface area contributed by atoms with Gasteiger partial charge in [0.2, 0.25) is 5.91 Å². The number of rotatable bonds is 7. The normalized spacial score (nSPS) is 12.9. The third kappa shape index (κ3) is 4.03. The maximum absolute atomic E-state index is 11.8. The van der Waals surface area contributed by atoms with Crippen LogP contribution in [0, 0.1) is 0 Å². The lowest BCUT2D eigenvalue weighted by atomic mass is 10.1. The Balaban J connectivity index is 3.11. The van der Waals surface area contributed by atoms with E-state index in [-0.39, 0.29) is 17.1 Å². The molecule has 3 N–H and O–H groups in total. The van der Waals surface area contributed by atoms with Crippen LogP contribution in [0.25, 0.3) is 0 Å². The van der Waals surface area contributed by atoms with Crippen LogP contribution in [0.3, 0.4) is 0 Å². The molecular weight excluding hydrogens is 290 g/mol. The molecule has 1 rings (SSSR count). The van der Waals surface area contributed by atoms with Gasteiger partial charge in [-0.05, 0) is 6.42 Å². The van der Waals surface area contributed by atoms with Crippen LogP contribution in [0.2, 0.25) is 0 Å². The third-order valence-electron chi connectivity index (χ3n) is 2.49. The van der Waals surface area contributed by atoms with Gasteiger partial charge in [-0.25, -0.2) is 14.1 Å². The number of carboxylic acids is 1. The number of carbonyl (C=O) groups excluding carboxylic acids is 1. The van der Waals surface area contributed by atoms with Crippen molar-refractivity contribution in [1.29, 1.82) is 0 Å². The highest BCUT2D eigenvalue weighted by Gasteiger charge is 2.37. The molecule has 9 nitrogen and oxygen atoms in total. The molecule has 1 heterocycles. The fourth-order valence-electron chi connectivity index (χ4n) is 1.66. The highest BCUT2D eigenvalue weighted by molar-refractivity contribution is 7.84. The molecule has 0 bridgehead atoms. The number of amides is 1. The van der Waals surface area contributed by atoms with Crippen LogP contribution in [0.5, 0.6) is 0 Å². The van der Waals surface area contributed by atoms with Crippen LogP contribution in [-0.2, 0) is 26.3 Å². The van der Waals surface area contributed by atoms with E-state index < -0.39 is 28.2 Å². The van der Waals surface area contributed by atoms with Gasteiger partial charge in [-0.2, -0.15) is 8.42 Å². The minimum atomic E-state index is -4.97. The quantitative estimate of drug-likeness (QED) is 0.594. The van der Waals surface area contributed by atoms with E-state index in [0.29, 0.717) is 12.1 Å². The predicted molar refractivity (Wildman–Crippen MR) is 67.0 cm³/mol. The Morgan fingerprint density at radius 3 is 2.55 bits per heavy atom. The molecule has 1 atom stereocenters. The number of hydrogen-bond donors (Lipinski definition) is 3. The van der Waals surface area contributed by atoms with Gasteiger partial charge in [0.05, 0.1) is 6.33 Å². The fraction of sp³-hybridized carbons (Fsp3) is 0.500. The molecule has 1 amide bonds. The minimum Gasteiger partial charge on any atom is -0.480 e. The highest BCUT2D eigenvalue weighted by atomic mass is 32.2. The number of nitrogens with zero attached hydrogens (tertiary/aromatic N) is 2. The number of hydrogen-bond acceptors (Lipinski definition) is 5. The lowest BCUT2D eigenvalue weighted by Crippen LogP contribution is -2.49. The first kappa shape index (κ1) is 16.1. The second kappa shape index (κ2) is 6.48. The van der Waals surface area contributed by atoms with Gasteiger partial charge in [-0.3, -0.25) is 9.35 Å². The molecule has 1 aromatic rings. The van der Waals surface area contributed by atoms with Crippen molar-refractivity contribution in [2.45, 2.75) is 32.2 Å². The Kier molecular flexibility index (Phi) is 5.22. The van der Waals surface area contributed by atoms with E-state index in [9.17, 15) is 18.0 Å². The maximum Gasteiger partial charge on any atom is 0.362 e. The van der Waals surface area contributed by atoms with Crippen molar-refractivity contribution in [1.82, 2.24) is 14.3 Å². The topological polar surface area (TPSA) is 141 Å².